The van der Waals surface area contributed by atoms with E-state index in [1.54, 1.807) is 7.11 Å². The highest BCUT2D eigenvalue weighted by atomic mass is 16.5. The SMILES string of the molecule is COc1cccc(C2(C(=O)NCC(C)CC(=O)O)CCCC2)c1. The second-order valence-electron chi connectivity index (χ2n) is 6.43. The number of amides is 1. The van der Waals surface area contributed by atoms with Crippen LogP contribution in [0.15, 0.2) is 24.3 Å². The Bertz CT molecular complexity index is 564. The van der Waals surface area contributed by atoms with Gasteiger partial charge >= 0.3 is 5.97 Å². The maximum Gasteiger partial charge on any atom is 0.303 e. The molecule has 0 aliphatic heterocycles. The smallest absolute Gasteiger partial charge is 0.303 e. The van der Waals surface area contributed by atoms with Gasteiger partial charge in [-0.3, -0.25) is 9.59 Å². The second-order valence-corrected chi connectivity index (χ2v) is 6.43. The van der Waals surface area contributed by atoms with Crippen molar-refractivity contribution < 1.29 is 19.4 Å². The highest BCUT2D eigenvalue weighted by molar-refractivity contribution is 5.88. The minimum absolute atomic E-state index is 0.000455. The fourth-order valence-corrected chi connectivity index (χ4v) is 3.35. The van der Waals surface area contributed by atoms with Gasteiger partial charge in [0.15, 0.2) is 0 Å². The number of carboxylic acids is 1. The van der Waals surface area contributed by atoms with Crippen molar-refractivity contribution in [3.63, 3.8) is 0 Å². The zero-order chi connectivity index (χ0) is 16.9. The van der Waals surface area contributed by atoms with Crippen LogP contribution in [0.1, 0.15) is 44.6 Å². The monoisotopic (exact) mass is 319 g/mol. The van der Waals surface area contributed by atoms with E-state index in [1.165, 1.54) is 0 Å². The summed E-state index contributed by atoms with van der Waals surface area (Å²) >= 11 is 0. The number of rotatable bonds is 7. The van der Waals surface area contributed by atoms with E-state index in [2.05, 4.69) is 5.32 Å². The van der Waals surface area contributed by atoms with E-state index in [0.717, 1.165) is 37.0 Å². The van der Waals surface area contributed by atoms with Gasteiger partial charge in [0.25, 0.3) is 0 Å². The van der Waals surface area contributed by atoms with Gasteiger partial charge in [-0.25, -0.2) is 0 Å². The van der Waals surface area contributed by atoms with Gasteiger partial charge in [-0.1, -0.05) is 31.9 Å². The van der Waals surface area contributed by atoms with Crippen LogP contribution >= 0.6 is 0 Å². The summed E-state index contributed by atoms with van der Waals surface area (Å²) in [5, 5.41) is 11.8. The van der Waals surface area contributed by atoms with Crippen LogP contribution in [0, 0.1) is 5.92 Å². The van der Waals surface area contributed by atoms with Crippen molar-refractivity contribution in [1.29, 1.82) is 0 Å². The third-order valence-electron chi connectivity index (χ3n) is 4.65. The molecule has 126 valence electrons. The van der Waals surface area contributed by atoms with Gasteiger partial charge in [-0.2, -0.15) is 0 Å². The third-order valence-corrected chi connectivity index (χ3v) is 4.65. The molecule has 1 aromatic carbocycles. The first-order chi connectivity index (χ1) is 11.0. The van der Waals surface area contributed by atoms with E-state index in [4.69, 9.17) is 9.84 Å². The summed E-state index contributed by atoms with van der Waals surface area (Å²) < 4.78 is 5.28. The Morgan fingerprint density at radius 1 is 1.35 bits per heavy atom. The molecule has 1 aliphatic rings. The number of carboxylic acid groups (broad SMARTS) is 1. The molecule has 0 spiro atoms. The normalized spacial score (nSPS) is 17.5. The summed E-state index contributed by atoms with van der Waals surface area (Å²) in [6, 6.07) is 7.70. The van der Waals surface area contributed by atoms with Crippen molar-refractivity contribution in [1.82, 2.24) is 5.32 Å². The molecular weight excluding hydrogens is 294 g/mol. The van der Waals surface area contributed by atoms with Crippen LogP contribution in [0.2, 0.25) is 0 Å². The van der Waals surface area contributed by atoms with Gasteiger partial charge in [-0.15, -0.1) is 0 Å². The van der Waals surface area contributed by atoms with Gasteiger partial charge < -0.3 is 15.2 Å². The summed E-state index contributed by atoms with van der Waals surface area (Å²) in [7, 11) is 1.62. The molecule has 5 nitrogen and oxygen atoms in total. The van der Waals surface area contributed by atoms with E-state index in [9.17, 15) is 9.59 Å². The average Bonchev–Trinajstić information content (AvgIpc) is 3.03. The lowest BCUT2D eigenvalue weighted by Crippen LogP contribution is -2.44. The number of carbonyl (C=O) groups excluding carboxylic acids is 1. The molecule has 2 N–H and O–H groups in total. The highest BCUT2D eigenvalue weighted by Crippen LogP contribution is 2.42. The van der Waals surface area contributed by atoms with Gasteiger partial charge in [0.2, 0.25) is 5.91 Å². The molecule has 0 saturated heterocycles. The van der Waals surface area contributed by atoms with Crippen molar-refractivity contribution in [2.75, 3.05) is 13.7 Å². The summed E-state index contributed by atoms with van der Waals surface area (Å²) in [4.78, 5) is 23.6. The molecule has 23 heavy (non-hydrogen) atoms. The maximum atomic E-state index is 12.9. The van der Waals surface area contributed by atoms with Crippen LogP contribution in [0.4, 0.5) is 0 Å². The van der Waals surface area contributed by atoms with Gasteiger partial charge in [0.1, 0.15) is 5.75 Å². The first-order valence-electron chi connectivity index (χ1n) is 8.12. The predicted octanol–water partition coefficient (Wildman–Crippen LogP) is 2.73. The molecule has 1 saturated carbocycles. The summed E-state index contributed by atoms with van der Waals surface area (Å²) in [6.45, 7) is 2.22. The molecule has 1 atom stereocenters. The molecule has 1 amide bonds. The van der Waals surface area contributed by atoms with Crippen LogP contribution in [-0.4, -0.2) is 30.6 Å². The minimum atomic E-state index is -0.838. The molecule has 1 fully saturated rings. The molecule has 0 heterocycles. The Labute approximate surface area is 137 Å². The number of ether oxygens (including phenoxy) is 1. The van der Waals surface area contributed by atoms with E-state index in [-0.39, 0.29) is 18.2 Å². The minimum Gasteiger partial charge on any atom is -0.497 e. The maximum absolute atomic E-state index is 12.9. The molecule has 0 radical (unpaired) electrons. The molecule has 2 rings (SSSR count). The Hall–Kier alpha value is -2.04. The summed E-state index contributed by atoms with van der Waals surface area (Å²) in [5.41, 5.74) is 0.468. The van der Waals surface area contributed by atoms with Crippen LogP contribution in [-0.2, 0) is 15.0 Å². The van der Waals surface area contributed by atoms with E-state index in [0.29, 0.717) is 6.54 Å². The summed E-state index contributed by atoms with van der Waals surface area (Å²) in [6.07, 6.45) is 3.75. The van der Waals surface area contributed by atoms with Crippen molar-refractivity contribution in [2.24, 2.45) is 5.92 Å². The average molecular weight is 319 g/mol. The Kier molecular flexibility index (Phi) is 5.64. The molecule has 0 bridgehead atoms. The Morgan fingerprint density at radius 2 is 2.04 bits per heavy atom. The number of nitrogens with one attached hydrogen (secondary N) is 1. The van der Waals surface area contributed by atoms with E-state index >= 15 is 0 Å². The first kappa shape index (κ1) is 17.3. The molecule has 1 unspecified atom stereocenters. The molecule has 1 aliphatic carbocycles. The van der Waals surface area contributed by atoms with Crippen LogP contribution < -0.4 is 10.1 Å². The second kappa shape index (κ2) is 7.49. The Morgan fingerprint density at radius 3 is 2.65 bits per heavy atom. The van der Waals surface area contributed by atoms with Crippen molar-refractivity contribution >= 4 is 11.9 Å². The fourth-order valence-electron chi connectivity index (χ4n) is 3.35. The molecule has 1 aromatic rings. The summed E-state index contributed by atoms with van der Waals surface area (Å²) in [5.74, 6) is -0.170. The lowest BCUT2D eigenvalue weighted by Gasteiger charge is -2.29. The van der Waals surface area contributed by atoms with Crippen molar-refractivity contribution in [3.8, 4) is 5.75 Å². The zero-order valence-electron chi connectivity index (χ0n) is 13.8. The fraction of sp³-hybridized carbons (Fsp3) is 0.556. The number of methoxy groups -OCH3 is 1. The zero-order valence-corrected chi connectivity index (χ0v) is 13.8. The number of carbonyl (C=O) groups is 2. The van der Waals surface area contributed by atoms with E-state index < -0.39 is 11.4 Å². The number of hydrogen-bond acceptors (Lipinski definition) is 3. The van der Waals surface area contributed by atoms with Crippen LogP contribution in [0.3, 0.4) is 0 Å². The third kappa shape index (κ3) is 4.03. The van der Waals surface area contributed by atoms with Gasteiger partial charge in [0.05, 0.1) is 12.5 Å². The standard InChI is InChI=1S/C18H25NO4/c1-13(10-16(20)21)12-19-17(22)18(8-3-4-9-18)14-6-5-7-15(11-14)23-2/h5-7,11,13H,3-4,8-10,12H2,1-2H3,(H,19,22)(H,20,21). The topological polar surface area (TPSA) is 75.6 Å². The van der Waals surface area contributed by atoms with E-state index in [1.807, 2.05) is 31.2 Å². The quantitative estimate of drug-likeness (QED) is 0.810. The molecule has 5 heteroatoms. The number of benzene rings is 1. The lowest BCUT2D eigenvalue weighted by molar-refractivity contribution is -0.138. The number of hydrogen-bond donors (Lipinski definition) is 2. The van der Waals surface area contributed by atoms with Crippen molar-refractivity contribution in [2.45, 2.75) is 44.4 Å². The first-order valence-corrected chi connectivity index (χ1v) is 8.12. The van der Waals surface area contributed by atoms with Gasteiger partial charge in [-0.05, 0) is 36.5 Å². The molecular formula is C18H25NO4. The predicted molar refractivity (Wildman–Crippen MR) is 87.6 cm³/mol. The van der Waals surface area contributed by atoms with Crippen molar-refractivity contribution in [3.05, 3.63) is 29.8 Å². The van der Waals surface area contributed by atoms with Crippen LogP contribution in [0.25, 0.3) is 0 Å². The number of aliphatic carboxylic acids is 1. The van der Waals surface area contributed by atoms with Gasteiger partial charge in [0, 0.05) is 13.0 Å². The lowest BCUT2D eigenvalue weighted by atomic mass is 9.77. The molecule has 0 aromatic heterocycles. The largest absolute Gasteiger partial charge is 0.497 e. The highest BCUT2D eigenvalue weighted by Gasteiger charge is 2.42. The Balaban J connectivity index is 2.13. The van der Waals surface area contributed by atoms with Crippen LogP contribution in [0.5, 0.6) is 5.75 Å².